The molecule has 1 amide bonds. The molecule has 1 fully saturated rings. The number of nitrogens with one attached hydrogen (secondary N) is 1. The van der Waals surface area contributed by atoms with E-state index in [2.05, 4.69) is 5.32 Å². The van der Waals surface area contributed by atoms with Crippen molar-refractivity contribution in [2.24, 2.45) is 0 Å². The lowest BCUT2D eigenvalue weighted by molar-refractivity contribution is -0.144. The van der Waals surface area contributed by atoms with Crippen LogP contribution in [0.25, 0.3) is 0 Å². The summed E-state index contributed by atoms with van der Waals surface area (Å²) in [5.41, 5.74) is 1.90. The highest BCUT2D eigenvalue weighted by Crippen LogP contribution is 2.28. The van der Waals surface area contributed by atoms with Gasteiger partial charge in [0, 0.05) is 18.7 Å². The summed E-state index contributed by atoms with van der Waals surface area (Å²) in [4.78, 5) is 23.3. The van der Waals surface area contributed by atoms with Gasteiger partial charge in [-0.15, -0.1) is 0 Å². The van der Waals surface area contributed by atoms with Gasteiger partial charge in [-0.05, 0) is 38.0 Å². The van der Waals surface area contributed by atoms with Crippen LogP contribution >= 0.6 is 0 Å². The average Bonchev–Trinajstić information content (AvgIpc) is 2.87. The maximum absolute atomic E-state index is 12.0. The molecule has 1 N–H and O–H groups in total. The Hall–Kier alpha value is -2.09. The lowest BCUT2D eigenvalue weighted by Gasteiger charge is -2.19. The maximum Gasteiger partial charge on any atom is 0.306 e. The van der Waals surface area contributed by atoms with E-state index < -0.39 is 16.0 Å². The molecule has 1 saturated heterocycles. The average molecular weight is 354 g/mol. The van der Waals surface area contributed by atoms with E-state index in [4.69, 9.17) is 4.74 Å². The zero-order valence-electron chi connectivity index (χ0n) is 13.9. The smallest absolute Gasteiger partial charge is 0.306 e. The normalized spacial score (nSPS) is 16.0. The molecule has 0 aliphatic carbocycles. The van der Waals surface area contributed by atoms with Crippen molar-refractivity contribution in [2.75, 3.05) is 28.5 Å². The minimum atomic E-state index is -3.27. The first kappa shape index (κ1) is 18.3. The van der Waals surface area contributed by atoms with Gasteiger partial charge in [0.25, 0.3) is 0 Å². The maximum atomic E-state index is 12.0. The van der Waals surface area contributed by atoms with Crippen LogP contribution in [0.2, 0.25) is 0 Å². The van der Waals surface area contributed by atoms with Crippen molar-refractivity contribution < 1.29 is 22.7 Å². The Morgan fingerprint density at radius 2 is 2.04 bits per heavy atom. The summed E-state index contributed by atoms with van der Waals surface area (Å²) in [7, 11) is -3.27. The Labute approximate surface area is 142 Å². The number of ether oxygens (including phenoxy) is 1. The van der Waals surface area contributed by atoms with E-state index in [1.807, 2.05) is 6.92 Å². The van der Waals surface area contributed by atoms with Gasteiger partial charge >= 0.3 is 5.97 Å². The topological polar surface area (TPSA) is 92.8 Å². The lowest BCUT2D eigenvalue weighted by Crippen LogP contribution is -2.25. The van der Waals surface area contributed by atoms with Crippen molar-refractivity contribution in [3.63, 3.8) is 0 Å². The standard InChI is InChI=1S/C16H22N2O5S/c1-3-23-16(20)8-7-15(19)17-14-11-13(6-5-12(14)2)18-9-4-10-24(18,21)22/h5-6,11H,3-4,7-10H2,1-2H3,(H,17,19). The van der Waals surface area contributed by atoms with Gasteiger partial charge in [-0.25, -0.2) is 8.42 Å². The van der Waals surface area contributed by atoms with E-state index in [1.54, 1.807) is 25.1 Å². The first-order valence-electron chi connectivity index (χ1n) is 7.90. The summed E-state index contributed by atoms with van der Waals surface area (Å²) in [5, 5.41) is 2.73. The lowest BCUT2D eigenvalue weighted by atomic mass is 10.1. The summed E-state index contributed by atoms with van der Waals surface area (Å²) in [6.45, 7) is 4.26. The van der Waals surface area contributed by atoms with Gasteiger partial charge in [0.05, 0.1) is 24.5 Å². The zero-order valence-corrected chi connectivity index (χ0v) is 14.7. The summed E-state index contributed by atoms with van der Waals surface area (Å²) in [6, 6.07) is 5.15. The number of anilines is 2. The van der Waals surface area contributed by atoms with E-state index in [1.165, 1.54) is 4.31 Å². The molecule has 2 rings (SSSR count). The predicted molar refractivity (Wildman–Crippen MR) is 91.4 cm³/mol. The second-order valence-corrected chi connectivity index (χ2v) is 7.61. The molecule has 0 unspecified atom stereocenters. The van der Waals surface area contributed by atoms with Crippen LogP contribution in [0.1, 0.15) is 31.7 Å². The summed E-state index contributed by atoms with van der Waals surface area (Å²) < 4.78 is 30.2. The van der Waals surface area contributed by atoms with Crippen LogP contribution in [-0.4, -0.2) is 39.2 Å². The van der Waals surface area contributed by atoms with Crippen LogP contribution in [0.3, 0.4) is 0 Å². The highest BCUT2D eigenvalue weighted by Gasteiger charge is 2.28. The highest BCUT2D eigenvalue weighted by atomic mass is 32.2. The molecule has 1 heterocycles. The molecule has 1 aliphatic heterocycles. The number of benzene rings is 1. The number of esters is 1. The fourth-order valence-corrected chi connectivity index (χ4v) is 4.05. The van der Waals surface area contributed by atoms with E-state index in [-0.39, 0.29) is 31.1 Å². The molecule has 7 nitrogen and oxygen atoms in total. The third-order valence-electron chi connectivity index (χ3n) is 3.74. The fourth-order valence-electron chi connectivity index (χ4n) is 2.49. The van der Waals surface area contributed by atoms with Crippen LogP contribution in [0.4, 0.5) is 11.4 Å². The Balaban J connectivity index is 2.06. The van der Waals surface area contributed by atoms with E-state index in [0.29, 0.717) is 24.3 Å². The van der Waals surface area contributed by atoms with Gasteiger partial charge in [-0.2, -0.15) is 0 Å². The summed E-state index contributed by atoms with van der Waals surface area (Å²) in [6.07, 6.45) is 0.626. The number of sulfonamides is 1. The SMILES string of the molecule is CCOC(=O)CCC(=O)Nc1cc(N2CCCS2(=O)=O)ccc1C. The molecule has 1 aromatic carbocycles. The van der Waals surface area contributed by atoms with Gasteiger partial charge in [-0.1, -0.05) is 6.07 Å². The third kappa shape index (κ3) is 4.47. The molecule has 0 radical (unpaired) electrons. The Morgan fingerprint density at radius 3 is 2.67 bits per heavy atom. The first-order chi connectivity index (χ1) is 11.3. The number of aryl methyl sites for hydroxylation is 1. The molecule has 132 valence electrons. The number of carbonyl (C=O) groups excluding carboxylic acids is 2. The van der Waals surface area contributed by atoms with Gasteiger partial charge < -0.3 is 10.1 Å². The zero-order chi connectivity index (χ0) is 17.7. The molecule has 0 saturated carbocycles. The molecule has 0 bridgehead atoms. The van der Waals surface area contributed by atoms with Gasteiger partial charge in [-0.3, -0.25) is 13.9 Å². The summed E-state index contributed by atoms with van der Waals surface area (Å²) in [5.74, 6) is -0.587. The summed E-state index contributed by atoms with van der Waals surface area (Å²) >= 11 is 0. The van der Waals surface area contributed by atoms with Gasteiger partial charge in [0.2, 0.25) is 15.9 Å². The second kappa shape index (κ2) is 7.65. The molecule has 0 aromatic heterocycles. The number of hydrogen-bond acceptors (Lipinski definition) is 5. The number of nitrogens with zero attached hydrogens (tertiary/aromatic N) is 1. The van der Waals surface area contributed by atoms with E-state index in [9.17, 15) is 18.0 Å². The Morgan fingerprint density at radius 1 is 1.29 bits per heavy atom. The number of rotatable bonds is 6. The minimum absolute atomic E-state index is 0.0128. The molecular formula is C16H22N2O5S. The molecule has 0 atom stereocenters. The van der Waals surface area contributed by atoms with Crippen molar-refractivity contribution in [2.45, 2.75) is 33.1 Å². The van der Waals surface area contributed by atoms with Crippen molar-refractivity contribution in [3.8, 4) is 0 Å². The number of hydrogen-bond donors (Lipinski definition) is 1. The molecule has 0 spiro atoms. The van der Waals surface area contributed by atoms with Crippen LogP contribution in [-0.2, 0) is 24.3 Å². The van der Waals surface area contributed by atoms with Crippen LogP contribution in [0, 0.1) is 6.92 Å². The van der Waals surface area contributed by atoms with E-state index in [0.717, 1.165) is 5.56 Å². The minimum Gasteiger partial charge on any atom is -0.466 e. The fraction of sp³-hybridized carbons (Fsp3) is 0.500. The predicted octanol–water partition coefficient (Wildman–Crippen LogP) is 1.82. The van der Waals surface area contributed by atoms with E-state index >= 15 is 0 Å². The Bertz CT molecular complexity index is 730. The number of carbonyl (C=O) groups is 2. The van der Waals surface area contributed by atoms with Gasteiger partial charge in [0.1, 0.15) is 0 Å². The molecular weight excluding hydrogens is 332 g/mol. The quantitative estimate of drug-likeness (QED) is 0.787. The molecule has 8 heteroatoms. The Kier molecular flexibility index (Phi) is 5.82. The largest absolute Gasteiger partial charge is 0.466 e. The van der Waals surface area contributed by atoms with Crippen molar-refractivity contribution in [1.29, 1.82) is 0 Å². The monoisotopic (exact) mass is 354 g/mol. The molecule has 1 aliphatic rings. The van der Waals surface area contributed by atoms with Gasteiger partial charge in [0.15, 0.2) is 0 Å². The van der Waals surface area contributed by atoms with Crippen LogP contribution in [0.15, 0.2) is 18.2 Å². The van der Waals surface area contributed by atoms with Crippen molar-refractivity contribution in [1.82, 2.24) is 0 Å². The molecule has 1 aromatic rings. The molecule has 24 heavy (non-hydrogen) atoms. The highest BCUT2D eigenvalue weighted by molar-refractivity contribution is 7.93. The second-order valence-electron chi connectivity index (χ2n) is 5.59. The van der Waals surface area contributed by atoms with Crippen molar-refractivity contribution >= 4 is 33.3 Å². The van der Waals surface area contributed by atoms with Crippen molar-refractivity contribution in [3.05, 3.63) is 23.8 Å². The van der Waals surface area contributed by atoms with Crippen LogP contribution in [0.5, 0.6) is 0 Å². The third-order valence-corrected chi connectivity index (χ3v) is 5.61. The van der Waals surface area contributed by atoms with Crippen LogP contribution < -0.4 is 9.62 Å². The first-order valence-corrected chi connectivity index (χ1v) is 9.51. The number of amides is 1.